The molecule has 0 aliphatic carbocycles. The largest absolute Gasteiger partial charge is 0.369 e. The normalized spacial score (nSPS) is 12.2. The lowest BCUT2D eigenvalue weighted by atomic mass is 10.8. The summed E-state index contributed by atoms with van der Waals surface area (Å²) in [6.07, 6.45) is 0. The van der Waals surface area contributed by atoms with Crippen molar-refractivity contribution in [1.29, 1.82) is 0 Å². The Morgan fingerprint density at radius 3 is 2.70 bits per heavy atom. The van der Waals surface area contributed by atoms with Crippen molar-refractivity contribution in [2.24, 2.45) is 10.7 Å². The fraction of sp³-hybridized carbons (Fsp3) is 0.667. The van der Waals surface area contributed by atoms with Crippen LogP contribution in [0.2, 0.25) is 0 Å². The smallest absolute Gasteiger partial charge is 0.207 e. The molecule has 0 saturated carbocycles. The molecule has 0 fully saturated rings. The van der Waals surface area contributed by atoms with Crippen LogP contribution in [0, 0.1) is 0 Å². The van der Waals surface area contributed by atoms with E-state index in [-0.39, 0.29) is 11.3 Å². The van der Waals surface area contributed by atoms with Crippen LogP contribution in [-0.4, -0.2) is 34.1 Å². The van der Waals surface area contributed by atoms with Gasteiger partial charge >= 0.3 is 0 Å². The number of hydrogen-bond acceptors (Lipinski definition) is 4. The molecular weight excluding hydrogens is 160 g/mol. The minimum atomic E-state index is -0.285. The number of aliphatic imine (C=N–C) groups is 1. The van der Waals surface area contributed by atoms with E-state index in [1.54, 1.807) is 0 Å². The average molecular weight is 169 g/mol. The Balaban J connectivity index is 3.49. The lowest BCUT2D eigenvalue weighted by molar-refractivity contribution is -0.329. The van der Waals surface area contributed by atoms with Crippen LogP contribution in [0.1, 0.15) is 0 Å². The van der Waals surface area contributed by atoms with Gasteiger partial charge in [0.1, 0.15) is 0 Å². The van der Waals surface area contributed by atoms with Crippen molar-refractivity contribution in [3.05, 3.63) is 0 Å². The Kier molecular flexibility index (Phi) is 4.95. The van der Waals surface area contributed by atoms with Crippen molar-refractivity contribution < 1.29 is 10.4 Å². The van der Waals surface area contributed by atoms with Gasteiger partial charge < -0.3 is 5.73 Å². The first kappa shape index (κ1) is 9.44. The number of hydrazine groups is 1. The van der Waals surface area contributed by atoms with Crippen LogP contribution < -0.4 is 11.2 Å². The highest BCUT2D eigenvalue weighted by Crippen LogP contribution is 1.75. The molecular formula is C3H9ClN4O2. The SMILES string of the molecule is NC(=NCCCl)NN(O)O. The van der Waals surface area contributed by atoms with Gasteiger partial charge in [0.25, 0.3) is 0 Å². The third kappa shape index (κ3) is 5.57. The van der Waals surface area contributed by atoms with Crippen molar-refractivity contribution >= 4 is 17.6 Å². The molecule has 0 heterocycles. The van der Waals surface area contributed by atoms with E-state index in [2.05, 4.69) is 4.99 Å². The molecule has 0 aromatic rings. The van der Waals surface area contributed by atoms with Gasteiger partial charge in [-0.15, -0.1) is 11.6 Å². The molecule has 60 valence electrons. The van der Waals surface area contributed by atoms with Crippen molar-refractivity contribution in [3.63, 3.8) is 0 Å². The van der Waals surface area contributed by atoms with E-state index in [1.807, 2.05) is 5.43 Å². The number of alkyl halides is 1. The van der Waals surface area contributed by atoms with E-state index in [9.17, 15) is 0 Å². The Hall–Kier alpha value is -0.560. The van der Waals surface area contributed by atoms with E-state index in [4.69, 9.17) is 27.7 Å². The number of nitrogens with zero attached hydrogens (tertiary/aromatic N) is 2. The van der Waals surface area contributed by atoms with Gasteiger partial charge in [-0.3, -0.25) is 15.4 Å². The first-order valence-electron chi connectivity index (χ1n) is 2.47. The van der Waals surface area contributed by atoms with Crippen molar-refractivity contribution in [2.45, 2.75) is 0 Å². The molecule has 0 unspecified atom stereocenters. The molecule has 7 heteroatoms. The minimum absolute atomic E-state index is 0.106. The summed E-state index contributed by atoms with van der Waals surface area (Å²) >= 11 is 5.25. The van der Waals surface area contributed by atoms with E-state index < -0.39 is 0 Å². The van der Waals surface area contributed by atoms with E-state index >= 15 is 0 Å². The van der Waals surface area contributed by atoms with Crippen LogP contribution in [0.25, 0.3) is 0 Å². The first-order valence-corrected chi connectivity index (χ1v) is 3.00. The zero-order chi connectivity index (χ0) is 7.98. The molecule has 0 amide bonds. The molecule has 0 rings (SSSR count). The summed E-state index contributed by atoms with van der Waals surface area (Å²) in [6, 6.07) is 0. The summed E-state index contributed by atoms with van der Waals surface area (Å²) in [5, 5.41) is 15.9. The fourth-order valence-corrected chi connectivity index (χ4v) is 0.385. The van der Waals surface area contributed by atoms with E-state index in [0.717, 1.165) is 0 Å². The lowest BCUT2D eigenvalue weighted by Gasteiger charge is -2.06. The summed E-state index contributed by atoms with van der Waals surface area (Å²) in [5.74, 6) is 0.227. The monoisotopic (exact) mass is 168 g/mol. The number of guanidine groups is 1. The molecule has 0 aromatic heterocycles. The fourth-order valence-electron chi connectivity index (χ4n) is 0.301. The van der Waals surface area contributed by atoms with Crippen molar-refractivity contribution in [3.8, 4) is 0 Å². The topological polar surface area (TPSA) is 94.1 Å². The molecule has 0 aliphatic rings. The summed E-state index contributed by atoms with van der Waals surface area (Å²) in [7, 11) is 0. The molecule has 0 aromatic carbocycles. The summed E-state index contributed by atoms with van der Waals surface area (Å²) < 4.78 is 0. The second kappa shape index (κ2) is 5.24. The van der Waals surface area contributed by atoms with E-state index in [1.165, 1.54) is 0 Å². The average Bonchev–Trinajstić information content (AvgIpc) is 1.82. The van der Waals surface area contributed by atoms with Gasteiger partial charge in [-0.2, -0.15) is 0 Å². The minimum Gasteiger partial charge on any atom is -0.369 e. The third-order valence-corrected chi connectivity index (χ3v) is 0.750. The molecule has 6 nitrogen and oxygen atoms in total. The Labute approximate surface area is 62.8 Å². The molecule has 0 radical (unpaired) electrons. The number of hydrogen-bond donors (Lipinski definition) is 4. The standard InChI is InChI=1S/C3H9ClN4O2/c4-1-2-6-3(5)7-8(9)10/h9-10H,1-2H2,(H3,5,6,7). The molecule has 5 N–H and O–H groups in total. The number of halogens is 1. The maximum Gasteiger partial charge on any atom is 0.207 e. The third-order valence-electron chi connectivity index (χ3n) is 0.581. The summed E-state index contributed by atoms with van der Waals surface area (Å²) in [4.78, 5) is 3.57. The van der Waals surface area contributed by atoms with Gasteiger partial charge in [0.15, 0.2) is 0 Å². The Morgan fingerprint density at radius 2 is 2.30 bits per heavy atom. The molecule has 0 spiro atoms. The predicted octanol–water partition coefficient (Wildman–Crippen LogP) is -0.875. The second-order valence-corrected chi connectivity index (χ2v) is 1.74. The van der Waals surface area contributed by atoms with Crippen LogP contribution in [0.3, 0.4) is 0 Å². The van der Waals surface area contributed by atoms with Gasteiger partial charge in [0.2, 0.25) is 5.96 Å². The van der Waals surface area contributed by atoms with Gasteiger partial charge in [-0.05, 0) is 0 Å². The summed E-state index contributed by atoms with van der Waals surface area (Å²) in [5.41, 5.74) is 6.97. The first-order chi connectivity index (χ1) is 4.66. The number of nitrogens with one attached hydrogen (secondary N) is 1. The lowest BCUT2D eigenvalue weighted by Crippen LogP contribution is -2.42. The number of nitrogens with two attached hydrogens (primary N) is 1. The van der Waals surface area contributed by atoms with Crippen LogP contribution >= 0.6 is 11.6 Å². The van der Waals surface area contributed by atoms with Crippen molar-refractivity contribution in [1.82, 2.24) is 10.8 Å². The highest BCUT2D eigenvalue weighted by atomic mass is 35.5. The number of rotatable bonds is 3. The second-order valence-electron chi connectivity index (χ2n) is 1.36. The van der Waals surface area contributed by atoms with Crippen LogP contribution in [-0.2, 0) is 0 Å². The Bertz CT molecular complexity index is 117. The zero-order valence-corrected chi connectivity index (χ0v) is 5.91. The van der Waals surface area contributed by atoms with Gasteiger partial charge in [-0.1, -0.05) is 0 Å². The van der Waals surface area contributed by atoms with Crippen LogP contribution in [0.5, 0.6) is 0 Å². The van der Waals surface area contributed by atoms with Gasteiger partial charge in [-0.25, -0.2) is 5.43 Å². The maximum absolute atomic E-state index is 8.11. The highest BCUT2D eigenvalue weighted by molar-refractivity contribution is 6.18. The zero-order valence-electron chi connectivity index (χ0n) is 5.16. The highest BCUT2D eigenvalue weighted by Gasteiger charge is 1.92. The van der Waals surface area contributed by atoms with Crippen LogP contribution in [0.15, 0.2) is 4.99 Å². The van der Waals surface area contributed by atoms with E-state index in [0.29, 0.717) is 12.4 Å². The molecule has 0 saturated heterocycles. The summed E-state index contributed by atoms with van der Waals surface area (Å²) in [6.45, 7) is 0.328. The van der Waals surface area contributed by atoms with Crippen LogP contribution in [0.4, 0.5) is 0 Å². The Morgan fingerprint density at radius 1 is 1.70 bits per heavy atom. The van der Waals surface area contributed by atoms with Gasteiger partial charge in [0, 0.05) is 11.2 Å². The van der Waals surface area contributed by atoms with Gasteiger partial charge in [0.05, 0.1) is 6.54 Å². The molecule has 0 atom stereocenters. The van der Waals surface area contributed by atoms with Crippen molar-refractivity contribution in [2.75, 3.05) is 12.4 Å². The maximum atomic E-state index is 8.11. The molecule has 0 bridgehead atoms. The molecule has 0 aliphatic heterocycles. The quantitative estimate of drug-likeness (QED) is 0.190. The predicted molar refractivity (Wildman–Crippen MR) is 35.8 cm³/mol. The molecule has 10 heavy (non-hydrogen) atoms.